The zero-order valence-corrected chi connectivity index (χ0v) is 19.9. The molecule has 166 valence electrons. The van der Waals surface area contributed by atoms with Crippen molar-refractivity contribution in [3.05, 3.63) is 0 Å². The van der Waals surface area contributed by atoms with Gasteiger partial charge in [-0.3, -0.25) is 0 Å². The van der Waals surface area contributed by atoms with Gasteiger partial charge in [-0.15, -0.1) is 0 Å². The Hall–Kier alpha value is -0.440. The van der Waals surface area contributed by atoms with Crippen LogP contribution in [0.15, 0.2) is 0 Å². The summed E-state index contributed by atoms with van der Waals surface area (Å²) >= 11 is 0. The lowest BCUT2D eigenvalue weighted by Gasteiger charge is -2.37. The van der Waals surface area contributed by atoms with Crippen LogP contribution in [0.1, 0.15) is 136 Å². The lowest BCUT2D eigenvalue weighted by Crippen LogP contribution is -2.25. The van der Waals surface area contributed by atoms with Crippen LogP contribution in [0.4, 0.5) is 0 Å². The van der Waals surface area contributed by atoms with Gasteiger partial charge in [0.2, 0.25) is 0 Å². The molecular weight excluding hydrogens is 348 g/mol. The van der Waals surface area contributed by atoms with E-state index in [0.29, 0.717) is 0 Å². The second-order valence-corrected chi connectivity index (χ2v) is 11.0. The Bertz CT molecular complexity index is 470. The molecule has 0 heterocycles. The molecule has 0 atom stereocenters. The van der Waals surface area contributed by atoms with Gasteiger partial charge in [0.1, 0.15) is 0 Å². The van der Waals surface area contributed by atoms with Gasteiger partial charge in [0.05, 0.1) is 0 Å². The van der Waals surface area contributed by atoms with Crippen LogP contribution < -0.4 is 0 Å². The van der Waals surface area contributed by atoms with Crippen LogP contribution in [0, 0.1) is 47.3 Å². The van der Waals surface area contributed by atoms with E-state index in [2.05, 4.69) is 25.7 Å². The maximum Gasteiger partial charge on any atom is 0.0203 e. The average Bonchev–Trinajstić information content (AvgIpc) is 2.78. The summed E-state index contributed by atoms with van der Waals surface area (Å²) in [5, 5.41) is 0. The topological polar surface area (TPSA) is 0 Å². The Morgan fingerprint density at radius 1 is 0.483 bits per heavy atom. The third kappa shape index (κ3) is 7.96. The van der Waals surface area contributed by atoms with Gasteiger partial charge in [-0.25, -0.2) is 0 Å². The van der Waals surface area contributed by atoms with Gasteiger partial charge in [-0.2, -0.15) is 0 Å². The van der Waals surface area contributed by atoms with Gasteiger partial charge in [-0.1, -0.05) is 83.5 Å². The van der Waals surface area contributed by atoms with Gasteiger partial charge in [0.25, 0.3) is 0 Å². The van der Waals surface area contributed by atoms with Crippen molar-refractivity contribution in [1.29, 1.82) is 0 Å². The summed E-state index contributed by atoms with van der Waals surface area (Å²) in [7, 11) is 0. The molecule has 0 unspecified atom stereocenters. The highest BCUT2D eigenvalue weighted by atomic mass is 14.4. The van der Waals surface area contributed by atoms with E-state index in [4.69, 9.17) is 0 Å². The van der Waals surface area contributed by atoms with Gasteiger partial charge in [0.15, 0.2) is 0 Å². The standard InChI is InChI=1S/C29H50/c1-3-5-7-9-25-16-20-28(21-17-25)29-22-18-27(19-23-29)15-14-26-12-10-24(11-13-26)8-6-4-2/h24-29H,3-13,16-23H2,1-2H3. The van der Waals surface area contributed by atoms with Crippen LogP contribution in [0.25, 0.3) is 0 Å². The van der Waals surface area contributed by atoms with Gasteiger partial charge in [-0.05, 0) is 87.9 Å². The van der Waals surface area contributed by atoms with E-state index in [1.54, 1.807) is 12.8 Å². The van der Waals surface area contributed by atoms with Gasteiger partial charge in [0, 0.05) is 11.8 Å². The fourth-order valence-corrected chi connectivity index (χ4v) is 6.69. The Labute approximate surface area is 183 Å². The first kappa shape index (κ1) is 23.2. The fourth-order valence-electron chi connectivity index (χ4n) is 6.69. The summed E-state index contributed by atoms with van der Waals surface area (Å²) in [5.41, 5.74) is 0. The molecule has 0 radical (unpaired) electrons. The molecule has 0 aromatic heterocycles. The second-order valence-electron chi connectivity index (χ2n) is 11.0. The van der Waals surface area contributed by atoms with Crippen molar-refractivity contribution in [2.75, 3.05) is 0 Å². The first-order valence-corrected chi connectivity index (χ1v) is 13.8. The van der Waals surface area contributed by atoms with E-state index >= 15 is 0 Å². The normalized spacial score (nSPS) is 35.7. The summed E-state index contributed by atoms with van der Waals surface area (Å²) in [4.78, 5) is 0. The minimum atomic E-state index is 0.730. The molecule has 0 heteroatoms. The molecule has 3 rings (SSSR count). The molecule has 29 heavy (non-hydrogen) atoms. The van der Waals surface area contributed by atoms with Gasteiger partial charge < -0.3 is 0 Å². The Kier molecular flexibility index (Phi) is 10.5. The summed E-state index contributed by atoms with van der Waals surface area (Å²) in [5.74, 6) is 13.1. The lowest BCUT2D eigenvalue weighted by molar-refractivity contribution is 0.153. The van der Waals surface area contributed by atoms with E-state index in [-0.39, 0.29) is 0 Å². The molecule has 0 bridgehead atoms. The smallest absolute Gasteiger partial charge is 0.0203 e. The molecular formula is C29H50. The third-order valence-electron chi connectivity index (χ3n) is 8.85. The monoisotopic (exact) mass is 398 g/mol. The van der Waals surface area contributed by atoms with Crippen molar-refractivity contribution < 1.29 is 0 Å². The number of hydrogen-bond donors (Lipinski definition) is 0. The van der Waals surface area contributed by atoms with Gasteiger partial charge >= 0.3 is 0 Å². The maximum atomic E-state index is 3.76. The van der Waals surface area contributed by atoms with E-state index in [1.165, 1.54) is 109 Å². The van der Waals surface area contributed by atoms with Crippen LogP contribution in [-0.4, -0.2) is 0 Å². The predicted molar refractivity (Wildman–Crippen MR) is 128 cm³/mol. The molecule has 0 spiro atoms. The highest BCUT2D eigenvalue weighted by molar-refractivity contribution is 5.09. The summed E-state index contributed by atoms with van der Waals surface area (Å²) in [6, 6.07) is 0. The summed E-state index contributed by atoms with van der Waals surface area (Å²) in [6.07, 6.45) is 27.7. The molecule has 0 N–H and O–H groups in total. The van der Waals surface area contributed by atoms with Crippen molar-refractivity contribution in [3.8, 4) is 11.8 Å². The number of hydrogen-bond acceptors (Lipinski definition) is 0. The maximum absolute atomic E-state index is 3.76. The number of unbranched alkanes of at least 4 members (excludes halogenated alkanes) is 3. The second kappa shape index (κ2) is 13.1. The Morgan fingerprint density at radius 3 is 1.41 bits per heavy atom. The molecule has 0 aromatic carbocycles. The van der Waals surface area contributed by atoms with Crippen LogP contribution in [0.5, 0.6) is 0 Å². The van der Waals surface area contributed by atoms with E-state index in [1.807, 2.05) is 0 Å². The molecule has 0 saturated heterocycles. The van der Waals surface area contributed by atoms with Crippen LogP contribution in [0.2, 0.25) is 0 Å². The lowest BCUT2D eigenvalue weighted by atomic mass is 9.68. The number of rotatable bonds is 8. The van der Waals surface area contributed by atoms with Crippen LogP contribution in [-0.2, 0) is 0 Å². The molecule has 3 aliphatic carbocycles. The molecule has 0 nitrogen and oxygen atoms in total. The first-order valence-electron chi connectivity index (χ1n) is 13.8. The van der Waals surface area contributed by atoms with Crippen molar-refractivity contribution in [1.82, 2.24) is 0 Å². The first-order chi connectivity index (χ1) is 14.3. The minimum absolute atomic E-state index is 0.730. The van der Waals surface area contributed by atoms with E-state index in [0.717, 1.165) is 35.5 Å². The fraction of sp³-hybridized carbons (Fsp3) is 0.931. The zero-order valence-electron chi connectivity index (χ0n) is 19.9. The third-order valence-corrected chi connectivity index (χ3v) is 8.85. The van der Waals surface area contributed by atoms with Crippen molar-refractivity contribution in [3.63, 3.8) is 0 Å². The van der Waals surface area contributed by atoms with Crippen LogP contribution in [0.3, 0.4) is 0 Å². The largest absolute Gasteiger partial charge is 0.0996 e. The molecule has 0 aromatic rings. The van der Waals surface area contributed by atoms with Crippen molar-refractivity contribution >= 4 is 0 Å². The van der Waals surface area contributed by atoms with Crippen molar-refractivity contribution in [2.45, 2.75) is 136 Å². The highest BCUT2D eigenvalue weighted by Gasteiger charge is 2.30. The average molecular weight is 399 g/mol. The summed E-state index contributed by atoms with van der Waals surface area (Å²) in [6.45, 7) is 4.65. The van der Waals surface area contributed by atoms with Crippen LogP contribution >= 0.6 is 0 Å². The highest BCUT2D eigenvalue weighted by Crippen LogP contribution is 2.42. The molecule has 3 aliphatic rings. The molecule has 0 amide bonds. The predicted octanol–water partition coefficient (Wildman–Crippen LogP) is 9.18. The summed E-state index contributed by atoms with van der Waals surface area (Å²) < 4.78 is 0. The minimum Gasteiger partial charge on any atom is -0.0996 e. The molecule has 0 aliphatic heterocycles. The van der Waals surface area contributed by atoms with Crippen molar-refractivity contribution in [2.24, 2.45) is 35.5 Å². The van der Waals surface area contributed by atoms with E-state index in [9.17, 15) is 0 Å². The Morgan fingerprint density at radius 2 is 0.897 bits per heavy atom. The Balaban J connectivity index is 1.30. The molecule has 3 saturated carbocycles. The zero-order chi connectivity index (χ0) is 20.3. The SMILES string of the molecule is CCCCCC1CCC(C2CCC(C#CC3CCC(CCCC)CC3)CC2)CC1. The van der Waals surface area contributed by atoms with E-state index < -0.39 is 0 Å². The molecule has 3 fully saturated rings. The quantitative estimate of drug-likeness (QED) is 0.282.